The zero-order valence-electron chi connectivity index (χ0n) is 14.1. The highest BCUT2D eigenvalue weighted by Crippen LogP contribution is 2.36. The standard InChI is InChI=1S/C17H25N5O2/c1-12(23)20-10-13-9-19-11-14(21-13)15-5-4-8-22(15)16(24)17(18)6-2-3-7-17/h9,11,15H,2-8,10,18H2,1H3,(H,20,23). The van der Waals surface area contributed by atoms with Crippen LogP contribution in [-0.2, 0) is 16.1 Å². The van der Waals surface area contributed by atoms with E-state index in [1.807, 2.05) is 4.90 Å². The van der Waals surface area contributed by atoms with Gasteiger partial charge in [-0.3, -0.25) is 19.6 Å². The van der Waals surface area contributed by atoms with E-state index in [4.69, 9.17) is 5.73 Å². The highest BCUT2D eigenvalue weighted by molar-refractivity contribution is 5.87. The van der Waals surface area contributed by atoms with Crippen molar-refractivity contribution in [2.24, 2.45) is 5.73 Å². The normalized spacial score (nSPS) is 22.6. The Morgan fingerprint density at radius 3 is 2.79 bits per heavy atom. The molecule has 3 N–H and O–H groups in total. The van der Waals surface area contributed by atoms with E-state index in [2.05, 4.69) is 15.3 Å². The lowest BCUT2D eigenvalue weighted by molar-refractivity contribution is -0.137. The minimum Gasteiger partial charge on any atom is -0.351 e. The van der Waals surface area contributed by atoms with Gasteiger partial charge >= 0.3 is 0 Å². The lowest BCUT2D eigenvalue weighted by Crippen LogP contribution is -2.53. The molecule has 1 saturated carbocycles. The third kappa shape index (κ3) is 3.40. The molecule has 1 unspecified atom stereocenters. The molecular formula is C17H25N5O2. The van der Waals surface area contributed by atoms with Gasteiger partial charge in [0.25, 0.3) is 0 Å². The third-order valence-electron chi connectivity index (χ3n) is 5.00. The molecule has 2 aliphatic rings. The molecule has 7 nitrogen and oxygen atoms in total. The average molecular weight is 331 g/mol. The molecule has 1 aromatic heterocycles. The van der Waals surface area contributed by atoms with Crippen molar-refractivity contribution < 1.29 is 9.59 Å². The van der Waals surface area contributed by atoms with Crippen LogP contribution in [0, 0.1) is 0 Å². The Hall–Kier alpha value is -2.02. The summed E-state index contributed by atoms with van der Waals surface area (Å²) >= 11 is 0. The average Bonchev–Trinajstić information content (AvgIpc) is 3.22. The fourth-order valence-electron chi connectivity index (χ4n) is 3.71. The van der Waals surface area contributed by atoms with Crippen molar-refractivity contribution in [2.75, 3.05) is 6.54 Å². The van der Waals surface area contributed by atoms with Gasteiger partial charge in [0.15, 0.2) is 0 Å². The molecule has 2 amide bonds. The predicted molar refractivity (Wildman–Crippen MR) is 88.6 cm³/mol. The predicted octanol–water partition coefficient (Wildman–Crippen LogP) is 1.05. The Morgan fingerprint density at radius 2 is 2.08 bits per heavy atom. The van der Waals surface area contributed by atoms with Gasteiger partial charge in [0.2, 0.25) is 11.8 Å². The lowest BCUT2D eigenvalue weighted by Gasteiger charge is -2.32. The van der Waals surface area contributed by atoms with Crippen molar-refractivity contribution in [3.8, 4) is 0 Å². The van der Waals surface area contributed by atoms with E-state index in [0.717, 1.165) is 50.8 Å². The van der Waals surface area contributed by atoms with Crippen LogP contribution in [0.3, 0.4) is 0 Å². The summed E-state index contributed by atoms with van der Waals surface area (Å²) in [4.78, 5) is 34.7. The summed E-state index contributed by atoms with van der Waals surface area (Å²) in [6.07, 6.45) is 8.75. The quantitative estimate of drug-likeness (QED) is 0.858. The van der Waals surface area contributed by atoms with Crippen LogP contribution in [0.4, 0.5) is 0 Å². The summed E-state index contributed by atoms with van der Waals surface area (Å²) in [6.45, 7) is 2.54. The highest BCUT2D eigenvalue weighted by atomic mass is 16.2. The maximum atomic E-state index is 12.9. The Labute approximate surface area is 142 Å². The molecule has 0 aromatic carbocycles. The van der Waals surface area contributed by atoms with Gasteiger partial charge in [-0.05, 0) is 25.7 Å². The molecule has 0 radical (unpaired) electrons. The Bertz CT molecular complexity index is 627. The molecule has 0 bridgehead atoms. The second-order valence-corrected chi connectivity index (χ2v) is 6.86. The molecule has 7 heteroatoms. The van der Waals surface area contributed by atoms with Gasteiger partial charge in [0.1, 0.15) is 0 Å². The minimum absolute atomic E-state index is 0.0524. The summed E-state index contributed by atoms with van der Waals surface area (Å²) in [5, 5.41) is 2.72. The van der Waals surface area contributed by atoms with Crippen molar-refractivity contribution >= 4 is 11.8 Å². The minimum atomic E-state index is -0.705. The first-order valence-corrected chi connectivity index (χ1v) is 8.65. The largest absolute Gasteiger partial charge is 0.351 e. The topological polar surface area (TPSA) is 101 Å². The van der Waals surface area contributed by atoms with Crippen LogP contribution >= 0.6 is 0 Å². The Kier molecular flexibility index (Phi) is 4.80. The van der Waals surface area contributed by atoms with E-state index in [-0.39, 0.29) is 17.9 Å². The molecular weight excluding hydrogens is 306 g/mol. The van der Waals surface area contributed by atoms with E-state index >= 15 is 0 Å². The number of carbonyl (C=O) groups is 2. The molecule has 1 aliphatic heterocycles. The van der Waals surface area contributed by atoms with Crippen LogP contribution in [0.2, 0.25) is 0 Å². The molecule has 2 fully saturated rings. The molecule has 1 aliphatic carbocycles. The van der Waals surface area contributed by atoms with Gasteiger partial charge in [-0.1, -0.05) is 12.8 Å². The van der Waals surface area contributed by atoms with E-state index < -0.39 is 5.54 Å². The zero-order chi connectivity index (χ0) is 17.2. The van der Waals surface area contributed by atoms with E-state index in [1.165, 1.54) is 6.92 Å². The first-order valence-electron chi connectivity index (χ1n) is 8.65. The number of hydrogen-bond donors (Lipinski definition) is 2. The monoisotopic (exact) mass is 331 g/mol. The Balaban J connectivity index is 1.76. The molecule has 24 heavy (non-hydrogen) atoms. The first-order chi connectivity index (χ1) is 11.5. The molecule has 0 spiro atoms. The van der Waals surface area contributed by atoms with Gasteiger partial charge < -0.3 is 16.0 Å². The summed E-state index contributed by atoms with van der Waals surface area (Å²) < 4.78 is 0. The SMILES string of the molecule is CC(=O)NCc1cncc(C2CCCN2C(=O)C2(N)CCCC2)n1. The molecule has 3 rings (SSSR count). The molecule has 2 heterocycles. The van der Waals surface area contributed by atoms with Gasteiger partial charge in [-0.2, -0.15) is 0 Å². The summed E-state index contributed by atoms with van der Waals surface area (Å²) in [5.41, 5.74) is 7.14. The fourth-order valence-corrected chi connectivity index (χ4v) is 3.71. The van der Waals surface area contributed by atoms with Crippen LogP contribution in [-0.4, -0.2) is 38.8 Å². The first kappa shape index (κ1) is 16.8. The number of aromatic nitrogens is 2. The van der Waals surface area contributed by atoms with Gasteiger partial charge in [-0.25, -0.2) is 0 Å². The van der Waals surface area contributed by atoms with Crippen LogP contribution in [0.25, 0.3) is 0 Å². The van der Waals surface area contributed by atoms with Gasteiger partial charge in [-0.15, -0.1) is 0 Å². The van der Waals surface area contributed by atoms with Crippen LogP contribution < -0.4 is 11.1 Å². The van der Waals surface area contributed by atoms with Crippen molar-refractivity contribution in [2.45, 2.75) is 63.6 Å². The molecule has 1 atom stereocenters. The smallest absolute Gasteiger partial charge is 0.243 e. The maximum absolute atomic E-state index is 12.9. The van der Waals surface area contributed by atoms with Crippen molar-refractivity contribution in [3.63, 3.8) is 0 Å². The van der Waals surface area contributed by atoms with Gasteiger partial charge in [0, 0.05) is 13.5 Å². The number of nitrogens with two attached hydrogens (primary N) is 1. The van der Waals surface area contributed by atoms with E-state index in [9.17, 15) is 9.59 Å². The van der Waals surface area contributed by atoms with Crippen molar-refractivity contribution in [1.82, 2.24) is 20.2 Å². The summed E-state index contributed by atoms with van der Waals surface area (Å²) in [5.74, 6) is -0.0530. The van der Waals surface area contributed by atoms with Crippen molar-refractivity contribution in [1.29, 1.82) is 0 Å². The number of carbonyl (C=O) groups excluding carboxylic acids is 2. The van der Waals surface area contributed by atoms with Crippen LogP contribution in [0.15, 0.2) is 12.4 Å². The second-order valence-electron chi connectivity index (χ2n) is 6.86. The Morgan fingerprint density at radius 1 is 1.33 bits per heavy atom. The number of hydrogen-bond acceptors (Lipinski definition) is 5. The molecule has 1 saturated heterocycles. The number of rotatable bonds is 4. The van der Waals surface area contributed by atoms with Crippen LogP contribution in [0.1, 0.15) is 62.9 Å². The molecule has 1 aromatic rings. The zero-order valence-corrected chi connectivity index (χ0v) is 14.1. The molecule has 130 valence electrons. The lowest BCUT2D eigenvalue weighted by atomic mass is 9.96. The number of nitrogens with zero attached hydrogens (tertiary/aromatic N) is 3. The number of amides is 2. The van der Waals surface area contributed by atoms with Gasteiger partial charge in [0.05, 0.1) is 41.9 Å². The number of nitrogens with one attached hydrogen (secondary N) is 1. The van der Waals surface area contributed by atoms with E-state index in [0.29, 0.717) is 12.2 Å². The van der Waals surface area contributed by atoms with E-state index in [1.54, 1.807) is 12.4 Å². The fraction of sp³-hybridized carbons (Fsp3) is 0.647. The van der Waals surface area contributed by atoms with Crippen molar-refractivity contribution in [3.05, 3.63) is 23.8 Å². The summed E-state index contributed by atoms with van der Waals surface area (Å²) in [7, 11) is 0. The third-order valence-corrected chi connectivity index (χ3v) is 5.00. The summed E-state index contributed by atoms with van der Waals surface area (Å²) in [6, 6.07) is -0.0664. The van der Waals surface area contributed by atoms with Crippen LogP contribution in [0.5, 0.6) is 0 Å². The maximum Gasteiger partial charge on any atom is 0.243 e. The highest BCUT2D eigenvalue weighted by Gasteiger charge is 2.43. The second kappa shape index (κ2) is 6.84. The number of likely N-dealkylation sites (tertiary alicyclic amines) is 1.